The van der Waals surface area contributed by atoms with E-state index in [1.54, 1.807) is 0 Å². The second-order valence-corrected chi connectivity index (χ2v) is 11.1. The number of hydrogen-bond donors (Lipinski definition) is 0. The van der Waals surface area contributed by atoms with Gasteiger partial charge in [0.05, 0.1) is 6.54 Å². The molecule has 0 atom stereocenters. The molecule has 3 heterocycles. The number of fused-ring (bicyclic) bond motifs is 1. The Morgan fingerprint density at radius 1 is 0.900 bits per heavy atom. The zero-order chi connectivity index (χ0) is 27.3. The number of amides is 1. The van der Waals surface area contributed by atoms with E-state index in [2.05, 4.69) is 69.6 Å². The number of carbonyl (C=O) groups is 1. The zero-order valence-corrected chi connectivity index (χ0v) is 23.5. The summed E-state index contributed by atoms with van der Waals surface area (Å²) in [5.41, 5.74) is 4.74. The molecule has 206 valence electrons. The second kappa shape index (κ2) is 12.1. The summed E-state index contributed by atoms with van der Waals surface area (Å²) >= 11 is 1.36. The highest BCUT2D eigenvalue weighted by Crippen LogP contribution is 2.33. The van der Waals surface area contributed by atoms with Gasteiger partial charge in [-0.15, -0.1) is 0 Å². The van der Waals surface area contributed by atoms with Crippen LogP contribution in [-0.4, -0.2) is 64.6 Å². The van der Waals surface area contributed by atoms with E-state index in [1.807, 2.05) is 29.2 Å². The first-order chi connectivity index (χ1) is 19.6. The van der Waals surface area contributed by atoms with Gasteiger partial charge in [0.15, 0.2) is 11.5 Å². The SMILES string of the molecule is Cc1ccc(Cc2nsc(N(CC(=O)N3CCN(Cc4ccc5c(c4)OCO5)CC3)Cc3ccccc3)n2)cc1. The van der Waals surface area contributed by atoms with Gasteiger partial charge in [0, 0.05) is 57.2 Å². The molecule has 6 rings (SSSR count). The Hall–Kier alpha value is -3.95. The van der Waals surface area contributed by atoms with E-state index in [1.165, 1.54) is 28.2 Å². The van der Waals surface area contributed by atoms with Crippen LogP contribution in [0.3, 0.4) is 0 Å². The van der Waals surface area contributed by atoms with Gasteiger partial charge >= 0.3 is 0 Å². The van der Waals surface area contributed by atoms with Crippen LogP contribution in [0.5, 0.6) is 11.5 Å². The van der Waals surface area contributed by atoms with Gasteiger partial charge in [0.1, 0.15) is 5.82 Å². The van der Waals surface area contributed by atoms with Crippen LogP contribution >= 0.6 is 11.5 Å². The van der Waals surface area contributed by atoms with Gasteiger partial charge in [-0.2, -0.15) is 4.37 Å². The number of benzene rings is 3. The van der Waals surface area contributed by atoms with Gasteiger partial charge in [-0.05, 0) is 35.7 Å². The Bertz CT molecular complexity index is 1440. The van der Waals surface area contributed by atoms with E-state index in [0.29, 0.717) is 26.1 Å². The molecule has 0 unspecified atom stereocenters. The molecule has 1 saturated heterocycles. The van der Waals surface area contributed by atoms with E-state index >= 15 is 0 Å². The lowest BCUT2D eigenvalue weighted by molar-refractivity contribution is -0.131. The van der Waals surface area contributed by atoms with Crippen LogP contribution in [0.4, 0.5) is 5.13 Å². The summed E-state index contributed by atoms with van der Waals surface area (Å²) in [4.78, 5) is 24.7. The van der Waals surface area contributed by atoms with Crippen LogP contribution < -0.4 is 14.4 Å². The van der Waals surface area contributed by atoms with Gasteiger partial charge < -0.3 is 19.3 Å². The summed E-state index contributed by atoms with van der Waals surface area (Å²) in [6, 6.07) is 24.8. The highest BCUT2D eigenvalue weighted by Gasteiger charge is 2.25. The molecule has 4 aromatic rings. The molecule has 0 radical (unpaired) electrons. The molecule has 3 aromatic carbocycles. The number of nitrogens with zero attached hydrogens (tertiary/aromatic N) is 5. The maximum Gasteiger partial charge on any atom is 0.242 e. The van der Waals surface area contributed by atoms with Crippen molar-refractivity contribution in [1.29, 1.82) is 0 Å². The van der Waals surface area contributed by atoms with E-state index in [9.17, 15) is 4.79 Å². The topological polar surface area (TPSA) is 71.0 Å². The first kappa shape index (κ1) is 26.3. The Balaban J connectivity index is 1.08. The lowest BCUT2D eigenvalue weighted by Gasteiger charge is -2.35. The molecule has 0 N–H and O–H groups in total. The number of carbonyl (C=O) groups excluding carboxylic acids is 1. The monoisotopic (exact) mass is 555 g/mol. The fraction of sp³-hybridized carbons (Fsp3) is 0.323. The molecule has 1 aromatic heterocycles. The Labute approximate surface area is 238 Å². The maximum atomic E-state index is 13.5. The van der Waals surface area contributed by atoms with Crippen molar-refractivity contribution in [1.82, 2.24) is 19.2 Å². The first-order valence-corrected chi connectivity index (χ1v) is 14.4. The molecule has 2 aliphatic rings. The number of piperazine rings is 1. The number of anilines is 1. The molecule has 2 aliphatic heterocycles. The van der Waals surface area contributed by atoms with Gasteiger partial charge in [0.25, 0.3) is 0 Å². The maximum absolute atomic E-state index is 13.5. The zero-order valence-electron chi connectivity index (χ0n) is 22.7. The third kappa shape index (κ3) is 6.43. The van der Waals surface area contributed by atoms with Crippen LogP contribution in [-0.2, 0) is 24.3 Å². The Morgan fingerprint density at radius 3 is 2.45 bits per heavy atom. The standard InChI is InChI=1S/C31H33N5O3S/c1-23-7-9-24(10-8-23)18-29-32-31(40-33-29)36(20-25-5-3-2-4-6-25)21-30(37)35-15-13-34(14-16-35)19-26-11-12-27-28(17-26)39-22-38-27/h2-12,17H,13-16,18-22H2,1H3. The van der Waals surface area contributed by atoms with Crippen LogP contribution in [0.15, 0.2) is 72.8 Å². The summed E-state index contributed by atoms with van der Waals surface area (Å²) in [7, 11) is 0. The van der Waals surface area contributed by atoms with Crippen molar-refractivity contribution in [3.63, 3.8) is 0 Å². The number of rotatable bonds is 9. The molecule has 0 bridgehead atoms. The van der Waals surface area contributed by atoms with Crippen molar-refractivity contribution in [2.45, 2.75) is 26.4 Å². The van der Waals surface area contributed by atoms with Gasteiger partial charge in [0.2, 0.25) is 17.8 Å². The Morgan fingerprint density at radius 2 is 1.65 bits per heavy atom. The van der Waals surface area contributed by atoms with E-state index < -0.39 is 0 Å². The minimum atomic E-state index is 0.119. The van der Waals surface area contributed by atoms with E-state index in [-0.39, 0.29) is 19.2 Å². The largest absolute Gasteiger partial charge is 0.454 e. The first-order valence-electron chi connectivity index (χ1n) is 13.6. The number of aromatic nitrogens is 2. The highest BCUT2D eigenvalue weighted by atomic mass is 32.1. The van der Waals surface area contributed by atoms with Crippen molar-refractivity contribution >= 4 is 22.6 Å². The fourth-order valence-corrected chi connectivity index (χ4v) is 5.73. The molecule has 0 aliphatic carbocycles. The number of hydrogen-bond acceptors (Lipinski definition) is 8. The molecular weight excluding hydrogens is 522 g/mol. The van der Waals surface area contributed by atoms with Crippen LogP contribution in [0.2, 0.25) is 0 Å². The lowest BCUT2D eigenvalue weighted by Crippen LogP contribution is -2.50. The molecule has 0 spiro atoms. The normalized spacial score (nSPS) is 14.9. The van der Waals surface area contributed by atoms with Gasteiger partial charge in [-0.1, -0.05) is 66.2 Å². The van der Waals surface area contributed by atoms with Gasteiger partial charge in [-0.25, -0.2) is 4.98 Å². The average Bonchev–Trinajstić information content (AvgIpc) is 3.64. The number of ether oxygens (including phenoxy) is 2. The quantitative estimate of drug-likeness (QED) is 0.301. The Kier molecular flexibility index (Phi) is 7.92. The van der Waals surface area contributed by atoms with E-state index in [4.69, 9.17) is 14.5 Å². The minimum absolute atomic E-state index is 0.119. The predicted octanol–water partition coefficient (Wildman–Crippen LogP) is 4.52. The molecule has 0 saturated carbocycles. The van der Waals surface area contributed by atoms with Gasteiger partial charge in [-0.3, -0.25) is 9.69 Å². The van der Waals surface area contributed by atoms with Crippen molar-refractivity contribution in [3.8, 4) is 11.5 Å². The molecule has 40 heavy (non-hydrogen) atoms. The van der Waals surface area contributed by atoms with Crippen LogP contribution in [0.1, 0.15) is 28.1 Å². The molecule has 1 fully saturated rings. The molecular formula is C31H33N5O3S. The third-order valence-electron chi connectivity index (χ3n) is 7.32. The predicted molar refractivity (Wildman–Crippen MR) is 156 cm³/mol. The lowest BCUT2D eigenvalue weighted by atomic mass is 10.1. The average molecular weight is 556 g/mol. The van der Waals surface area contributed by atoms with E-state index in [0.717, 1.165) is 47.7 Å². The minimum Gasteiger partial charge on any atom is -0.454 e. The highest BCUT2D eigenvalue weighted by molar-refractivity contribution is 7.09. The molecule has 1 amide bonds. The van der Waals surface area contributed by atoms with Crippen LogP contribution in [0.25, 0.3) is 0 Å². The molecule has 9 heteroatoms. The van der Waals surface area contributed by atoms with Crippen molar-refractivity contribution in [2.75, 3.05) is 44.4 Å². The van der Waals surface area contributed by atoms with Crippen LogP contribution in [0, 0.1) is 6.92 Å². The summed E-state index contributed by atoms with van der Waals surface area (Å²) in [6.45, 7) is 7.15. The smallest absolute Gasteiger partial charge is 0.242 e. The number of aryl methyl sites for hydroxylation is 1. The van der Waals surface area contributed by atoms with Crippen molar-refractivity contribution in [3.05, 3.63) is 101 Å². The summed E-state index contributed by atoms with van der Waals surface area (Å²) < 4.78 is 15.6. The summed E-state index contributed by atoms with van der Waals surface area (Å²) in [5.74, 6) is 2.51. The second-order valence-electron chi connectivity index (χ2n) is 10.3. The third-order valence-corrected chi connectivity index (χ3v) is 8.14. The van der Waals surface area contributed by atoms with Crippen molar-refractivity contribution < 1.29 is 14.3 Å². The fourth-order valence-electron chi connectivity index (χ4n) is 5.04. The summed E-state index contributed by atoms with van der Waals surface area (Å²) in [6.07, 6.45) is 0.676. The molecule has 8 nitrogen and oxygen atoms in total. The summed E-state index contributed by atoms with van der Waals surface area (Å²) in [5, 5.41) is 0.778. The van der Waals surface area contributed by atoms with Crippen molar-refractivity contribution in [2.24, 2.45) is 0 Å².